The molecule has 5 heteroatoms. The molecule has 29 heavy (non-hydrogen) atoms. The van der Waals surface area contributed by atoms with Gasteiger partial charge in [0, 0.05) is 30.5 Å². The summed E-state index contributed by atoms with van der Waals surface area (Å²) in [5.41, 5.74) is 6.14. The first kappa shape index (κ1) is 19.6. The Morgan fingerprint density at radius 3 is 2.83 bits per heavy atom. The van der Waals surface area contributed by atoms with Crippen LogP contribution in [0.25, 0.3) is 0 Å². The summed E-state index contributed by atoms with van der Waals surface area (Å²) in [5, 5.41) is 4.43. The lowest BCUT2D eigenvalue weighted by Gasteiger charge is -2.24. The van der Waals surface area contributed by atoms with Crippen LogP contribution in [0.3, 0.4) is 0 Å². The number of ether oxygens (including phenoxy) is 1. The van der Waals surface area contributed by atoms with Crippen LogP contribution >= 0.6 is 0 Å². The van der Waals surface area contributed by atoms with Crippen molar-refractivity contribution in [1.82, 2.24) is 19.7 Å². The fraction of sp³-hybridized carbons (Fsp3) is 0.417. The van der Waals surface area contributed by atoms with Crippen molar-refractivity contribution in [2.45, 2.75) is 52.2 Å². The maximum atomic E-state index is 5.38. The zero-order valence-corrected chi connectivity index (χ0v) is 17.6. The zero-order chi connectivity index (χ0) is 20.2. The van der Waals surface area contributed by atoms with Crippen molar-refractivity contribution in [3.8, 4) is 5.75 Å². The monoisotopic (exact) mass is 390 g/mol. The van der Waals surface area contributed by atoms with E-state index in [2.05, 4.69) is 60.4 Å². The molecule has 0 N–H and O–H groups in total. The van der Waals surface area contributed by atoms with Gasteiger partial charge in [0.15, 0.2) is 0 Å². The molecule has 4 rings (SSSR count). The first-order chi connectivity index (χ1) is 14.1. The van der Waals surface area contributed by atoms with Crippen LogP contribution in [0.5, 0.6) is 5.75 Å². The summed E-state index contributed by atoms with van der Waals surface area (Å²) in [6.45, 7) is 7.18. The van der Waals surface area contributed by atoms with Crippen molar-refractivity contribution >= 4 is 0 Å². The molecule has 3 aromatic rings. The molecule has 152 valence electrons. The second-order valence-corrected chi connectivity index (χ2v) is 7.90. The Bertz CT molecular complexity index is 965. The van der Waals surface area contributed by atoms with Gasteiger partial charge in [-0.05, 0) is 75.0 Å². The number of methoxy groups -OCH3 is 1. The topological polar surface area (TPSA) is 43.2 Å². The predicted molar refractivity (Wildman–Crippen MR) is 115 cm³/mol. The number of pyridine rings is 1. The van der Waals surface area contributed by atoms with Crippen molar-refractivity contribution < 1.29 is 4.74 Å². The summed E-state index contributed by atoms with van der Waals surface area (Å²) in [5.74, 6) is 0.906. The highest BCUT2D eigenvalue weighted by molar-refractivity contribution is 5.34. The van der Waals surface area contributed by atoms with E-state index in [1.54, 1.807) is 7.11 Å². The van der Waals surface area contributed by atoms with Crippen LogP contribution in [-0.4, -0.2) is 33.3 Å². The third-order valence-corrected chi connectivity index (χ3v) is 5.68. The zero-order valence-electron chi connectivity index (χ0n) is 17.6. The molecule has 0 spiro atoms. The summed E-state index contributed by atoms with van der Waals surface area (Å²) in [7, 11) is 1.71. The normalized spacial score (nSPS) is 17.0. The molecule has 0 amide bonds. The van der Waals surface area contributed by atoms with E-state index in [0.29, 0.717) is 6.04 Å². The molecule has 1 aliphatic rings. The van der Waals surface area contributed by atoms with Crippen LogP contribution in [-0.2, 0) is 19.5 Å². The molecule has 0 aliphatic carbocycles. The van der Waals surface area contributed by atoms with E-state index < -0.39 is 0 Å². The summed E-state index contributed by atoms with van der Waals surface area (Å²) in [6.07, 6.45) is 7.43. The van der Waals surface area contributed by atoms with Crippen molar-refractivity contribution in [3.05, 3.63) is 76.9 Å². The van der Waals surface area contributed by atoms with E-state index in [1.165, 1.54) is 28.8 Å². The smallest absolute Gasteiger partial charge is 0.119 e. The van der Waals surface area contributed by atoms with Gasteiger partial charge in [-0.15, -0.1) is 0 Å². The number of hydrogen-bond donors (Lipinski definition) is 0. The fourth-order valence-electron chi connectivity index (χ4n) is 4.30. The Balaban J connectivity index is 1.53. The minimum atomic E-state index is 0.379. The molecule has 0 bridgehead atoms. The predicted octanol–water partition coefficient (Wildman–Crippen LogP) is 4.54. The van der Waals surface area contributed by atoms with Crippen molar-refractivity contribution in [2.75, 3.05) is 13.7 Å². The van der Waals surface area contributed by atoms with E-state index in [9.17, 15) is 0 Å². The molecular weight excluding hydrogens is 360 g/mol. The number of hydrogen-bond acceptors (Lipinski definition) is 4. The van der Waals surface area contributed by atoms with E-state index >= 15 is 0 Å². The Kier molecular flexibility index (Phi) is 5.95. The number of rotatable bonds is 7. The highest BCUT2D eigenvalue weighted by Crippen LogP contribution is 2.33. The SMILES string of the molecule is CCn1cc(CN2CCCC2c2cc(Cc3cccc(OC)c3)cc(C)n2)cn1. The van der Waals surface area contributed by atoms with Crippen LogP contribution < -0.4 is 4.74 Å². The maximum absolute atomic E-state index is 5.38. The van der Waals surface area contributed by atoms with Gasteiger partial charge in [0.05, 0.1) is 25.0 Å². The number of benzene rings is 1. The number of nitrogens with zero attached hydrogens (tertiary/aromatic N) is 4. The van der Waals surface area contributed by atoms with Crippen LogP contribution in [0.15, 0.2) is 48.8 Å². The summed E-state index contributed by atoms with van der Waals surface area (Å²) >= 11 is 0. The lowest BCUT2D eigenvalue weighted by molar-refractivity contribution is 0.244. The Hall–Kier alpha value is -2.66. The molecule has 1 fully saturated rings. The first-order valence-electron chi connectivity index (χ1n) is 10.5. The first-order valence-corrected chi connectivity index (χ1v) is 10.5. The van der Waals surface area contributed by atoms with E-state index in [4.69, 9.17) is 9.72 Å². The average molecular weight is 391 g/mol. The summed E-state index contributed by atoms with van der Waals surface area (Å²) < 4.78 is 7.37. The lowest BCUT2D eigenvalue weighted by Crippen LogP contribution is -2.23. The highest BCUT2D eigenvalue weighted by Gasteiger charge is 2.27. The van der Waals surface area contributed by atoms with Crippen LogP contribution in [0.1, 0.15) is 53.9 Å². The minimum Gasteiger partial charge on any atom is -0.497 e. The molecular formula is C24H30N4O. The third kappa shape index (κ3) is 4.67. The molecule has 0 saturated carbocycles. The van der Waals surface area contributed by atoms with Gasteiger partial charge in [-0.1, -0.05) is 12.1 Å². The van der Waals surface area contributed by atoms with Gasteiger partial charge in [-0.2, -0.15) is 5.10 Å². The number of aromatic nitrogens is 3. The van der Waals surface area contributed by atoms with Crippen LogP contribution in [0.2, 0.25) is 0 Å². The lowest BCUT2D eigenvalue weighted by atomic mass is 10.0. The molecule has 1 saturated heterocycles. The minimum absolute atomic E-state index is 0.379. The van der Waals surface area contributed by atoms with Gasteiger partial charge in [0.1, 0.15) is 5.75 Å². The van der Waals surface area contributed by atoms with Crippen molar-refractivity contribution in [2.24, 2.45) is 0 Å². The van der Waals surface area contributed by atoms with Gasteiger partial charge in [-0.3, -0.25) is 14.6 Å². The second kappa shape index (κ2) is 8.78. The Labute approximate surface area is 173 Å². The Morgan fingerprint density at radius 1 is 1.14 bits per heavy atom. The third-order valence-electron chi connectivity index (χ3n) is 5.68. The molecule has 1 aliphatic heterocycles. The van der Waals surface area contributed by atoms with Crippen LogP contribution in [0.4, 0.5) is 0 Å². The van der Waals surface area contributed by atoms with Crippen LogP contribution in [0, 0.1) is 6.92 Å². The Morgan fingerprint density at radius 2 is 2.03 bits per heavy atom. The molecule has 2 aromatic heterocycles. The molecule has 5 nitrogen and oxygen atoms in total. The quantitative estimate of drug-likeness (QED) is 0.594. The van der Waals surface area contributed by atoms with E-state index in [-0.39, 0.29) is 0 Å². The highest BCUT2D eigenvalue weighted by atomic mass is 16.5. The second-order valence-electron chi connectivity index (χ2n) is 7.90. The van der Waals surface area contributed by atoms with Crippen molar-refractivity contribution in [1.29, 1.82) is 0 Å². The number of aryl methyl sites for hydroxylation is 2. The molecule has 1 aromatic carbocycles. The summed E-state index contributed by atoms with van der Waals surface area (Å²) in [6, 6.07) is 13.2. The van der Waals surface area contributed by atoms with Gasteiger partial charge in [-0.25, -0.2) is 0 Å². The van der Waals surface area contributed by atoms with Gasteiger partial charge in [0.2, 0.25) is 0 Å². The van der Waals surface area contributed by atoms with E-state index in [1.807, 2.05) is 16.9 Å². The molecule has 0 radical (unpaired) electrons. The standard InChI is InChI=1S/C24H30N4O/c1-4-28-17-21(15-25-28)16-27-10-6-9-24(27)23-14-20(11-18(2)26-23)12-19-7-5-8-22(13-19)29-3/h5,7-8,11,13-15,17,24H,4,6,9-10,12,16H2,1-3H3. The molecule has 1 atom stereocenters. The largest absolute Gasteiger partial charge is 0.497 e. The van der Waals surface area contributed by atoms with Gasteiger partial charge >= 0.3 is 0 Å². The average Bonchev–Trinajstić information content (AvgIpc) is 3.37. The van der Waals surface area contributed by atoms with Gasteiger partial charge < -0.3 is 4.74 Å². The van der Waals surface area contributed by atoms with Gasteiger partial charge in [0.25, 0.3) is 0 Å². The summed E-state index contributed by atoms with van der Waals surface area (Å²) in [4.78, 5) is 7.47. The molecule has 3 heterocycles. The van der Waals surface area contributed by atoms with Crippen molar-refractivity contribution in [3.63, 3.8) is 0 Å². The number of likely N-dealkylation sites (tertiary alicyclic amines) is 1. The fourth-order valence-corrected chi connectivity index (χ4v) is 4.30. The molecule has 1 unspecified atom stereocenters. The van der Waals surface area contributed by atoms with E-state index in [0.717, 1.165) is 43.9 Å². The maximum Gasteiger partial charge on any atom is 0.119 e.